The summed E-state index contributed by atoms with van der Waals surface area (Å²) in [6.45, 7) is 0.349. The monoisotopic (exact) mass is 488 g/mol. The largest absolute Gasteiger partial charge is 0.304 e. The molecule has 4 nitrogen and oxygen atoms in total. The predicted octanol–water partition coefficient (Wildman–Crippen LogP) is 6.13. The molecule has 3 aromatic carbocycles. The van der Waals surface area contributed by atoms with Crippen LogP contribution in [0.2, 0.25) is 15.1 Å². The Labute approximate surface area is 198 Å². The number of anilines is 2. The Bertz CT molecular complexity index is 1230. The number of amides is 2. The maximum absolute atomic E-state index is 14.0. The van der Waals surface area contributed by atoms with Crippen LogP contribution in [0.1, 0.15) is 11.1 Å². The van der Waals surface area contributed by atoms with Crippen molar-refractivity contribution in [2.45, 2.75) is 11.4 Å². The van der Waals surface area contributed by atoms with E-state index in [2.05, 4.69) is 0 Å². The number of halogens is 3. The van der Waals surface area contributed by atoms with Gasteiger partial charge in [-0.2, -0.15) is 0 Å². The smallest absolute Gasteiger partial charge is 0.269 e. The van der Waals surface area contributed by atoms with Crippen LogP contribution in [-0.2, 0) is 21.0 Å². The molecule has 8 heteroatoms. The van der Waals surface area contributed by atoms with E-state index in [0.717, 1.165) is 16.8 Å². The molecule has 0 radical (unpaired) electrons. The van der Waals surface area contributed by atoms with E-state index in [1.165, 1.54) is 11.8 Å². The van der Waals surface area contributed by atoms with Gasteiger partial charge in [0, 0.05) is 16.3 Å². The van der Waals surface area contributed by atoms with Crippen molar-refractivity contribution < 1.29 is 9.59 Å². The predicted molar refractivity (Wildman–Crippen MR) is 127 cm³/mol. The summed E-state index contributed by atoms with van der Waals surface area (Å²) in [6.07, 6.45) is 0. The number of carbonyl (C=O) groups excluding carboxylic acids is 2. The number of hydrogen-bond acceptors (Lipinski definition) is 3. The zero-order chi connectivity index (χ0) is 21.8. The van der Waals surface area contributed by atoms with Crippen molar-refractivity contribution >= 4 is 69.8 Å². The molecule has 0 aliphatic carbocycles. The minimum Gasteiger partial charge on any atom is -0.304 e. The summed E-state index contributed by atoms with van der Waals surface area (Å²) in [6, 6.07) is 20.0. The summed E-state index contributed by atoms with van der Waals surface area (Å²) in [7, 11) is 0. The number of nitrogens with zero attached hydrogens (tertiary/aromatic N) is 2. The maximum Gasteiger partial charge on any atom is 0.269 e. The molecule has 3 aromatic rings. The van der Waals surface area contributed by atoms with Crippen molar-refractivity contribution in [2.24, 2.45) is 0 Å². The molecule has 0 unspecified atom stereocenters. The fourth-order valence-electron chi connectivity index (χ4n) is 4.15. The molecule has 2 aliphatic heterocycles. The molecule has 0 saturated carbocycles. The SMILES string of the molecule is O=C1CS[C@]2(C(=O)N(Cc3cccc(Cl)c3)c3ccccc32)N1c1ccc(Cl)c(Cl)c1. The third-order valence-corrected chi connectivity index (χ3v) is 7.82. The zero-order valence-corrected chi connectivity index (χ0v) is 19.1. The number of fused-ring (bicyclic) bond motifs is 2. The van der Waals surface area contributed by atoms with Crippen molar-refractivity contribution in [1.82, 2.24) is 0 Å². The van der Waals surface area contributed by atoms with E-state index in [9.17, 15) is 9.59 Å². The summed E-state index contributed by atoms with van der Waals surface area (Å²) in [5.74, 6) is -0.141. The van der Waals surface area contributed by atoms with Crippen LogP contribution in [-0.4, -0.2) is 17.6 Å². The molecule has 1 spiro atoms. The molecule has 0 aromatic heterocycles. The molecule has 2 amide bonds. The fourth-order valence-corrected chi connectivity index (χ4v) is 6.02. The quantitative estimate of drug-likeness (QED) is 0.444. The first-order chi connectivity index (χ1) is 14.9. The van der Waals surface area contributed by atoms with E-state index < -0.39 is 4.87 Å². The molecule has 2 aliphatic rings. The highest BCUT2D eigenvalue weighted by Crippen LogP contribution is 2.56. The summed E-state index contributed by atoms with van der Waals surface area (Å²) >= 11 is 19.8. The lowest BCUT2D eigenvalue weighted by Crippen LogP contribution is -2.49. The lowest BCUT2D eigenvalue weighted by molar-refractivity contribution is -0.123. The first-order valence-corrected chi connectivity index (χ1v) is 11.6. The van der Waals surface area contributed by atoms with E-state index in [1.54, 1.807) is 34.1 Å². The van der Waals surface area contributed by atoms with Gasteiger partial charge in [0.2, 0.25) is 10.8 Å². The van der Waals surface area contributed by atoms with Gasteiger partial charge in [-0.1, -0.05) is 65.1 Å². The third-order valence-electron chi connectivity index (χ3n) is 5.45. The van der Waals surface area contributed by atoms with Gasteiger partial charge >= 0.3 is 0 Å². The highest BCUT2D eigenvalue weighted by atomic mass is 35.5. The maximum atomic E-state index is 14.0. The number of para-hydroxylation sites is 1. The number of hydrogen-bond donors (Lipinski definition) is 0. The van der Waals surface area contributed by atoms with Crippen LogP contribution >= 0.6 is 46.6 Å². The molecule has 0 bridgehead atoms. The molecule has 1 fully saturated rings. The van der Waals surface area contributed by atoms with E-state index >= 15 is 0 Å². The van der Waals surface area contributed by atoms with Gasteiger partial charge in [0.15, 0.2) is 0 Å². The van der Waals surface area contributed by atoms with Crippen LogP contribution in [0.15, 0.2) is 66.7 Å². The molecule has 156 valence electrons. The minimum absolute atomic E-state index is 0.156. The van der Waals surface area contributed by atoms with Crippen molar-refractivity contribution in [3.05, 3.63) is 92.9 Å². The molecule has 2 heterocycles. The summed E-state index contributed by atoms with van der Waals surface area (Å²) in [4.78, 5) is 29.1. The van der Waals surface area contributed by atoms with Crippen molar-refractivity contribution in [3.63, 3.8) is 0 Å². The van der Waals surface area contributed by atoms with Crippen LogP contribution in [0, 0.1) is 0 Å². The molecular formula is C23H15Cl3N2O2S. The van der Waals surface area contributed by atoms with Gasteiger partial charge in [0.1, 0.15) is 0 Å². The van der Waals surface area contributed by atoms with Crippen LogP contribution in [0.3, 0.4) is 0 Å². The number of benzene rings is 3. The van der Waals surface area contributed by atoms with Crippen molar-refractivity contribution in [2.75, 3.05) is 15.6 Å². The standard InChI is InChI=1S/C23H15Cl3N2O2S/c24-15-5-3-4-14(10-15)12-27-20-7-2-1-6-17(20)23(22(27)30)28(21(29)13-31-23)16-8-9-18(25)19(26)11-16/h1-11H,12-13H2/t23-/m1/s1. The Morgan fingerprint density at radius 3 is 2.48 bits per heavy atom. The lowest BCUT2D eigenvalue weighted by atomic mass is 10.0. The summed E-state index contributed by atoms with van der Waals surface area (Å²) in [5, 5.41) is 1.32. The van der Waals surface area contributed by atoms with Gasteiger partial charge in [-0.3, -0.25) is 14.5 Å². The van der Waals surface area contributed by atoms with E-state index in [0.29, 0.717) is 27.3 Å². The van der Waals surface area contributed by atoms with Gasteiger partial charge in [-0.05, 0) is 42.0 Å². The third kappa shape index (κ3) is 3.23. The Kier molecular flexibility index (Phi) is 5.18. The number of carbonyl (C=O) groups is 2. The molecule has 5 rings (SSSR count). The second-order valence-electron chi connectivity index (χ2n) is 7.30. The number of rotatable bonds is 3. The van der Waals surface area contributed by atoms with Crippen LogP contribution < -0.4 is 9.80 Å². The molecule has 1 saturated heterocycles. The highest BCUT2D eigenvalue weighted by molar-refractivity contribution is 8.02. The summed E-state index contributed by atoms with van der Waals surface area (Å²) in [5.41, 5.74) is 3.00. The fraction of sp³-hybridized carbons (Fsp3) is 0.130. The first kappa shape index (κ1) is 20.7. The minimum atomic E-state index is -1.19. The Morgan fingerprint density at radius 2 is 1.71 bits per heavy atom. The van der Waals surface area contributed by atoms with Crippen LogP contribution in [0.25, 0.3) is 0 Å². The van der Waals surface area contributed by atoms with Crippen molar-refractivity contribution in [3.8, 4) is 0 Å². The molecule has 0 N–H and O–H groups in total. The Hall–Kier alpha value is -2.18. The first-order valence-electron chi connectivity index (χ1n) is 9.50. The van der Waals surface area contributed by atoms with Gasteiger partial charge < -0.3 is 4.90 Å². The second kappa shape index (κ2) is 7.75. The molecule has 31 heavy (non-hydrogen) atoms. The van der Waals surface area contributed by atoms with E-state index in [1.807, 2.05) is 42.5 Å². The van der Waals surface area contributed by atoms with Crippen LogP contribution in [0.5, 0.6) is 0 Å². The Morgan fingerprint density at radius 1 is 0.903 bits per heavy atom. The average Bonchev–Trinajstić information content (AvgIpc) is 3.22. The van der Waals surface area contributed by atoms with Crippen LogP contribution in [0.4, 0.5) is 11.4 Å². The van der Waals surface area contributed by atoms with Crippen molar-refractivity contribution in [1.29, 1.82) is 0 Å². The number of thioether (sulfide) groups is 1. The second-order valence-corrected chi connectivity index (χ2v) is 9.72. The van der Waals surface area contributed by atoms with Gasteiger partial charge in [0.05, 0.1) is 28.0 Å². The van der Waals surface area contributed by atoms with Gasteiger partial charge in [-0.25, -0.2) is 0 Å². The van der Waals surface area contributed by atoms with Gasteiger partial charge in [-0.15, -0.1) is 11.8 Å². The summed E-state index contributed by atoms with van der Waals surface area (Å²) < 4.78 is 0. The normalized spacial score (nSPS) is 20.1. The van der Waals surface area contributed by atoms with E-state index in [-0.39, 0.29) is 17.6 Å². The zero-order valence-electron chi connectivity index (χ0n) is 16.0. The molecule has 1 atom stereocenters. The topological polar surface area (TPSA) is 40.6 Å². The lowest BCUT2D eigenvalue weighted by Gasteiger charge is -2.33. The van der Waals surface area contributed by atoms with E-state index in [4.69, 9.17) is 34.8 Å². The average molecular weight is 490 g/mol. The van der Waals surface area contributed by atoms with Gasteiger partial charge in [0.25, 0.3) is 5.91 Å². The highest BCUT2D eigenvalue weighted by Gasteiger charge is 2.60. The Balaban J connectivity index is 1.65. The molecular weight excluding hydrogens is 475 g/mol.